The highest BCUT2D eigenvalue weighted by molar-refractivity contribution is 7.92. The van der Waals surface area contributed by atoms with Gasteiger partial charge in [0.1, 0.15) is 5.69 Å². The van der Waals surface area contributed by atoms with E-state index in [0.29, 0.717) is 28.7 Å². The van der Waals surface area contributed by atoms with Gasteiger partial charge in [0.05, 0.1) is 29.1 Å². The molecule has 25 heavy (non-hydrogen) atoms. The summed E-state index contributed by atoms with van der Waals surface area (Å²) in [5.74, 6) is 0. The molecule has 0 aliphatic heterocycles. The maximum Gasteiger partial charge on any atom is 0.261 e. The average molecular weight is 379 g/mol. The second kappa shape index (κ2) is 7.22. The molecule has 0 spiro atoms. The molecule has 7 nitrogen and oxygen atoms in total. The number of nitrogens with zero attached hydrogens (tertiary/aromatic N) is 3. The molecule has 0 bridgehead atoms. The number of methoxy groups -OCH3 is 1. The second-order valence-electron chi connectivity index (χ2n) is 5.17. The van der Waals surface area contributed by atoms with Crippen molar-refractivity contribution in [1.29, 1.82) is 0 Å². The van der Waals surface area contributed by atoms with Gasteiger partial charge < -0.3 is 4.74 Å². The predicted octanol–water partition coefficient (Wildman–Crippen LogP) is 2.87. The van der Waals surface area contributed by atoms with Crippen molar-refractivity contribution in [2.75, 3.05) is 11.8 Å². The Labute approximate surface area is 150 Å². The molecule has 0 amide bonds. The smallest absolute Gasteiger partial charge is 0.261 e. The van der Waals surface area contributed by atoms with Gasteiger partial charge in [0.15, 0.2) is 0 Å². The molecule has 1 N–H and O–H groups in total. The lowest BCUT2D eigenvalue weighted by Gasteiger charge is -2.12. The van der Waals surface area contributed by atoms with E-state index in [1.807, 2.05) is 0 Å². The Hall–Kier alpha value is -2.42. The van der Waals surface area contributed by atoms with Crippen LogP contribution in [0.4, 0.5) is 5.69 Å². The first-order chi connectivity index (χ1) is 12.0. The molecule has 0 atom stereocenters. The molecule has 0 saturated heterocycles. The topological polar surface area (TPSA) is 86.1 Å². The summed E-state index contributed by atoms with van der Waals surface area (Å²) in [6.07, 6.45) is 1.65. The molecule has 2 aromatic carbocycles. The van der Waals surface area contributed by atoms with Crippen LogP contribution in [0.3, 0.4) is 0 Å². The van der Waals surface area contributed by atoms with E-state index in [0.717, 1.165) is 0 Å². The third kappa shape index (κ3) is 3.98. The van der Waals surface area contributed by atoms with Crippen LogP contribution in [-0.2, 0) is 21.4 Å². The Bertz CT molecular complexity index is 974. The second-order valence-corrected chi connectivity index (χ2v) is 7.29. The van der Waals surface area contributed by atoms with E-state index in [1.54, 1.807) is 49.7 Å². The highest BCUT2D eigenvalue weighted by Gasteiger charge is 2.17. The zero-order valence-corrected chi connectivity index (χ0v) is 14.8. The van der Waals surface area contributed by atoms with Crippen LogP contribution in [0.15, 0.2) is 59.6 Å². The maximum absolute atomic E-state index is 12.6. The van der Waals surface area contributed by atoms with Gasteiger partial charge in [0, 0.05) is 12.1 Å². The summed E-state index contributed by atoms with van der Waals surface area (Å²) in [7, 11) is -2.19. The van der Waals surface area contributed by atoms with E-state index in [4.69, 9.17) is 16.3 Å². The quantitative estimate of drug-likeness (QED) is 0.712. The average Bonchev–Trinajstić information content (AvgIpc) is 3.06. The van der Waals surface area contributed by atoms with Gasteiger partial charge in [-0.1, -0.05) is 35.0 Å². The molecule has 0 unspecified atom stereocenters. The molecular weight excluding hydrogens is 364 g/mol. The zero-order valence-electron chi connectivity index (χ0n) is 13.3. The molecule has 9 heteroatoms. The summed E-state index contributed by atoms with van der Waals surface area (Å²) in [4.78, 5) is 0.162. The number of nitrogens with one attached hydrogen (secondary N) is 1. The summed E-state index contributed by atoms with van der Waals surface area (Å²) in [5.41, 5.74) is 1.41. The molecule has 1 aromatic heterocycles. The Morgan fingerprint density at radius 1 is 1.20 bits per heavy atom. The number of anilines is 1. The molecule has 130 valence electrons. The number of hydrogen-bond acceptors (Lipinski definition) is 5. The highest BCUT2D eigenvalue weighted by atomic mass is 35.5. The van der Waals surface area contributed by atoms with Crippen LogP contribution in [0, 0.1) is 0 Å². The maximum atomic E-state index is 12.6. The van der Waals surface area contributed by atoms with E-state index >= 15 is 0 Å². The SMILES string of the molecule is COCc1cn(-c2cc(Cl)ccc2NS(=O)(=O)c2ccccc2)nn1. The first kappa shape index (κ1) is 17.4. The van der Waals surface area contributed by atoms with Crippen LogP contribution in [0.1, 0.15) is 5.69 Å². The third-order valence-corrected chi connectivity index (χ3v) is 4.95. The fourth-order valence-corrected chi connectivity index (χ4v) is 3.48. The van der Waals surface area contributed by atoms with Gasteiger partial charge in [-0.15, -0.1) is 5.10 Å². The Morgan fingerprint density at radius 2 is 1.96 bits per heavy atom. The molecule has 1 heterocycles. The van der Waals surface area contributed by atoms with Crippen molar-refractivity contribution < 1.29 is 13.2 Å². The summed E-state index contributed by atoms with van der Waals surface area (Å²) in [5, 5.41) is 8.42. The number of aromatic nitrogens is 3. The lowest BCUT2D eigenvalue weighted by molar-refractivity contribution is 0.181. The first-order valence-electron chi connectivity index (χ1n) is 7.27. The predicted molar refractivity (Wildman–Crippen MR) is 94.3 cm³/mol. The molecule has 0 radical (unpaired) electrons. The number of rotatable bonds is 6. The van der Waals surface area contributed by atoms with Crippen LogP contribution in [0.25, 0.3) is 5.69 Å². The lowest BCUT2D eigenvalue weighted by atomic mass is 10.3. The largest absolute Gasteiger partial charge is 0.378 e. The third-order valence-electron chi connectivity index (χ3n) is 3.34. The van der Waals surface area contributed by atoms with E-state index in [9.17, 15) is 8.42 Å². The van der Waals surface area contributed by atoms with Crippen molar-refractivity contribution in [2.45, 2.75) is 11.5 Å². The molecular formula is C16H15ClN4O3S. The van der Waals surface area contributed by atoms with Crippen LogP contribution in [0.2, 0.25) is 5.02 Å². The van der Waals surface area contributed by atoms with E-state index in [-0.39, 0.29) is 4.90 Å². The van der Waals surface area contributed by atoms with Gasteiger partial charge in [-0.3, -0.25) is 4.72 Å². The molecule has 0 aliphatic rings. The zero-order chi connectivity index (χ0) is 17.9. The van der Waals surface area contributed by atoms with Gasteiger partial charge in [0.2, 0.25) is 0 Å². The van der Waals surface area contributed by atoms with E-state index < -0.39 is 10.0 Å². The minimum atomic E-state index is -3.74. The molecule has 0 fully saturated rings. The molecule has 3 rings (SSSR count). The summed E-state index contributed by atoms with van der Waals surface area (Å²) in [6, 6.07) is 12.9. The van der Waals surface area contributed by atoms with Crippen LogP contribution < -0.4 is 4.72 Å². The Morgan fingerprint density at radius 3 is 2.68 bits per heavy atom. The summed E-state index contributed by atoms with van der Waals surface area (Å²) in [6.45, 7) is 0.297. The minimum Gasteiger partial charge on any atom is -0.378 e. The molecule has 3 aromatic rings. The van der Waals surface area contributed by atoms with Gasteiger partial charge in [0.25, 0.3) is 10.0 Å². The molecule has 0 aliphatic carbocycles. The van der Waals surface area contributed by atoms with Crippen LogP contribution in [-0.4, -0.2) is 30.5 Å². The van der Waals surface area contributed by atoms with Gasteiger partial charge in [-0.05, 0) is 30.3 Å². The molecule has 0 saturated carbocycles. The van der Waals surface area contributed by atoms with Crippen molar-refractivity contribution in [3.8, 4) is 5.69 Å². The van der Waals surface area contributed by atoms with E-state index in [1.165, 1.54) is 16.8 Å². The number of benzene rings is 2. The fourth-order valence-electron chi connectivity index (χ4n) is 2.21. The number of ether oxygens (including phenoxy) is 1. The van der Waals surface area contributed by atoms with Gasteiger partial charge in [-0.25, -0.2) is 13.1 Å². The Balaban J connectivity index is 1.99. The number of hydrogen-bond donors (Lipinski definition) is 1. The van der Waals surface area contributed by atoms with E-state index in [2.05, 4.69) is 15.0 Å². The van der Waals surface area contributed by atoms with Crippen molar-refractivity contribution in [3.63, 3.8) is 0 Å². The fraction of sp³-hybridized carbons (Fsp3) is 0.125. The van der Waals surface area contributed by atoms with Crippen LogP contribution in [0.5, 0.6) is 0 Å². The number of sulfonamides is 1. The number of halogens is 1. The van der Waals surface area contributed by atoms with Gasteiger partial charge in [-0.2, -0.15) is 0 Å². The minimum absolute atomic E-state index is 0.162. The summed E-state index contributed by atoms with van der Waals surface area (Å²) < 4.78 is 34.2. The van der Waals surface area contributed by atoms with Crippen molar-refractivity contribution in [2.24, 2.45) is 0 Å². The first-order valence-corrected chi connectivity index (χ1v) is 9.13. The van der Waals surface area contributed by atoms with Crippen molar-refractivity contribution in [1.82, 2.24) is 15.0 Å². The monoisotopic (exact) mass is 378 g/mol. The Kier molecular flexibility index (Phi) is 5.03. The van der Waals surface area contributed by atoms with Gasteiger partial charge >= 0.3 is 0 Å². The highest BCUT2D eigenvalue weighted by Crippen LogP contribution is 2.26. The van der Waals surface area contributed by atoms with Crippen LogP contribution >= 0.6 is 11.6 Å². The standard InChI is InChI=1S/C16H15ClN4O3S/c1-24-11-13-10-21(20-18-13)16-9-12(17)7-8-15(16)19-25(22,23)14-5-3-2-4-6-14/h2-10,19H,11H2,1H3. The lowest BCUT2D eigenvalue weighted by Crippen LogP contribution is -2.14. The van der Waals surface area contributed by atoms with Crippen molar-refractivity contribution in [3.05, 3.63) is 65.4 Å². The van der Waals surface area contributed by atoms with Crippen molar-refractivity contribution >= 4 is 27.3 Å². The normalized spacial score (nSPS) is 11.4. The summed E-state index contributed by atoms with van der Waals surface area (Å²) >= 11 is 6.06.